The Morgan fingerprint density at radius 3 is 2.56 bits per heavy atom. The first-order valence-electron chi connectivity index (χ1n) is 6.29. The van der Waals surface area contributed by atoms with Crippen LogP contribution in [0.1, 0.15) is 36.0 Å². The highest BCUT2D eigenvalue weighted by atomic mass is 79.9. The predicted molar refractivity (Wildman–Crippen MR) is 81.2 cm³/mol. The van der Waals surface area contributed by atoms with Crippen molar-refractivity contribution < 1.29 is 4.79 Å². The average molecular weight is 328 g/mol. The summed E-state index contributed by atoms with van der Waals surface area (Å²) in [6.07, 6.45) is 6.79. The lowest BCUT2D eigenvalue weighted by Gasteiger charge is -2.28. The van der Waals surface area contributed by atoms with Crippen molar-refractivity contribution in [2.45, 2.75) is 37.0 Å². The van der Waals surface area contributed by atoms with Crippen molar-refractivity contribution in [3.63, 3.8) is 0 Å². The number of carbonyl (C=O) groups excluding carboxylic acids is 1. The fraction of sp³-hybridized carbons (Fsp3) is 0.500. The quantitative estimate of drug-likeness (QED) is 0.913. The Hall–Kier alpha value is -0.480. The summed E-state index contributed by atoms with van der Waals surface area (Å²) in [5.41, 5.74) is 0.726. The standard InChI is InChI=1S/C14H18BrNOS/c1-18-11-8-6-10(7-9-11)16-14(17)12-4-2-3-5-13(12)15/h2-5,10-11H,6-9H2,1H3,(H,16,17). The Labute approximate surface area is 121 Å². The second-order valence-electron chi connectivity index (χ2n) is 4.66. The molecule has 1 aliphatic rings. The van der Waals surface area contributed by atoms with Crippen LogP contribution < -0.4 is 5.32 Å². The normalized spacial score (nSPS) is 23.7. The fourth-order valence-electron chi connectivity index (χ4n) is 2.35. The second kappa shape index (κ2) is 6.62. The maximum atomic E-state index is 12.1. The van der Waals surface area contributed by atoms with E-state index in [0.717, 1.165) is 28.1 Å². The molecule has 2 nitrogen and oxygen atoms in total. The van der Waals surface area contributed by atoms with Gasteiger partial charge in [-0.05, 0) is 60.0 Å². The van der Waals surface area contributed by atoms with Crippen LogP contribution in [0.25, 0.3) is 0 Å². The first-order chi connectivity index (χ1) is 8.70. The molecular formula is C14H18BrNOS. The average Bonchev–Trinajstić information content (AvgIpc) is 2.40. The van der Waals surface area contributed by atoms with Gasteiger partial charge in [0.1, 0.15) is 0 Å². The van der Waals surface area contributed by atoms with Gasteiger partial charge >= 0.3 is 0 Å². The summed E-state index contributed by atoms with van der Waals surface area (Å²) in [5, 5.41) is 3.92. The number of benzene rings is 1. The molecular weight excluding hydrogens is 310 g/mol. The molecule has 1 aliphatic carbocycles. The summed E-state index contributed by atoms with van der Waals surface area (Å²) in [6.45, 7) is 0. The van der Waals surface area contributed by atoms with Crippen LogP contribution in [0.5, 0.6) is 0 Å². The molecule has 0 aliphatic heterocycles. The Kier molecular flexibility index (Phi) is 5.13. The van der Waals surface area contributed by atoms with Crippen molar-refractivity contribution in [2.75, 3.05) is 6.26 Å². The van der Waals surface area contributed by atoms with Crippen molar-refractivity contribution in [2.24, 2.45) is 0 Å². The molecule has 0 bridgehead atoms. The third-order valence-corrected chi connectivity index (χ3v) is 5.29. The van der Waals surface area contributed by atoms with Crippen LogP contribution in [0.2, 0.25) is 0 Å². The molecule has 98 valence electrons. The third-order valence-electron chi connectivity index (χ3n) is 3.46. The van der Waals surface area contributed by atoms with Gasteiger partial charge in [-0.2, -0.15) is 11.8 Å². The largest absolute Gasteiger partial charge is 0.349 e. The number of thioether (sulfide) groups is 1. The molecule has 1 aromatic carbocycles. The van der Waals surface area contributed by atoms with Crippen molar-refractivity contribution in [3.05, 3.63) is 34.3 Å². The van der Waals surface area contributed by atoms with E-state index >= 15 is 0 Å². The molecule has 4 heteroatoms. The second-order valence-corrected chi connectivity index (χ2v) is 6.66. The van der Waals surface area contributed by atoms with E-state index in [4.69, 9.17) is 0 Å². The van der Waals surface area contributed by atoms with E-state index in [2.05, 4.69) is 27.5 Å². The van der Waals surface area contributed by atoms with Crippen LogP contribution in [0.3, 0.4) is 0 Å². The highest BCUT2D eigenvalue weighted by Gasteiger charge is 2.22. The van der Waals surface area contributed by atoms with E-state index in [0.29, 0.717) is 6.04 Å². The van der Waals surface area contributed by atoms with Crippen LogP contribution >= 0.6 is 27.7 Å². The number of nitrogens with one attached hydrogen (secondary N) is 1. The van der Waals surface area contributed by atoms with Gasteiger partial charge in [0.05, 0.1) is 5.56 Å². The molecule has 0 radical (unpaired) electrons. The number of rotatable bonds is 3. The van der Waals surface area contributed by atoms with Gasteiger partial charge in [-0.25, -0.2) is 0 Å². The molecule has 0 aromatic heterocycles. The zero-order valence-corrected chi connectivity index (χ0v) is 12.9. The van der Waals surface area contributed by atoms with Crippen LogP contribution in [-0.2, 0) is 0 Å². The minimum atomic E-state index is 0.0371. The van der Waals surface area contributed by atoms with Crippen molar-refractivity contribution in [3.8, 4) is 0 Å². The molecule has 0 spiro atoms. The van der Waals surface area contributed by atoms with Gasteiger partial charge in [0, 0.05) is 15.8 Å². The zero-order chi connectivity index (χ0) is 13.0. The number of amides is 1. The maximum Gasteiger partial charge on any atom is 0.252 e. The molecule has 2 rings (SSSR count). The summed E-state index contributed by atoms with van der Waals surface area (Å²) in [5.74, 6) is 0.0371. The van der Waals surface area contributed by atoms with Crippen LogP contribution in [0, 0.1) is 0 Å². The Morgan fingerprint density at radius 1 is 1.28 bits per heavy atom. The van der Waals surface area contributed by atoms with Gasteiger partial charge in [0.25, 0.3) is 5.91 Å². The molecule has 18 heavy (non-hydrogen) atoms. The van der Waals surface area contributed by atoms with E-state index < -0.39 is 0 Å². The summed E-state index contributed by atoms with van der Waals surface area (Å²) < 4.78 is 0.861. The van der Waals surface area contributed by atoms with E-state index in [9.17, 15) is 4.79 Å². The van der Waals surface area contributed by atoms with E-state index in [-0.39, 0.29) is 5.91 Å². The highest BCUT2D eigenvalue weighted by molar-refractivity contribution is 9.10. The number of halogens is 1. The molecule has 1 N–H and O–H groups in total. The lowest BCUT2D eigenvalue weighted by Crippen LogP contribution is -2.38. The van der Waals surface area contributed by atoms with Gasteiger partial charge in [-0.1, -0.05) is 12.1 Å². The minimum Gasteiger partial charge on any atom is -0.349 e. The summed E-state index contributed by atoms with van der Waals surface area (Å²) in [7, 11) is 0. The molecule has 1 amide bonds. The van der Waals surface area contributed by atoms with Gasteiger partial charge in [-0.3, -0.25) is 4.79 Å². The Morgan fingerprint density at radius 2 is 1.94 bits per heavy atom. The lowest BCUT2D eigenvalue weighted by atomic mass is 9.94. The first-order valence-corrected chi connectivity index (χ1v) is 8.37. The SMILES string of the molecule is CSC1CCC(NC(=O)c2ccccc2Br)CC1. The molecule has 0 saturated heterocycles. The molecule has 0 heterocycles. The van der Waals surface area contributed by atoms with Crippen molar-refractivity contribution >= 4 is 33.6 Å². The van der Waals surface area contributed by atoms with Crippen molar-refractivity contribution in [1.82, 2.24) is 5.32 Å². The predicted octanol–water partition coefficient (Wildman–Crippen LogP) is 3.85. The molecule has 0 unspecified atom stereocenters. The zero-order valence-electron chi connectivity index (χ0n) is 10.5. The van der Waals surface area contributed by atoms with Gasteiger partial charge in [0.15, 0.2) is 0 Å². The topological polar surface area (TPSA) is 29.1 Å². The van der Waals surface area contributed by atoms with Crippen molar-refractivity contribution in [1.29, 1.82) is 0 Å². The minimum absolute atomic E-state index is 0.0371. The fourth-order valence-corrected chi connectivity index (χ4v) is 3.56. The molecule has 1 fully saturated rings. The van der Waals surface area contributed by atoms with Gasteiger partial charge < -0.3 is 5.32 Å². The number of hydrogen-bond donors (Lipinski definition) is 1. The highest BCUT2D eigenvalue weighted by Crippen LogP contribution is 2.27. The number of hydrogen-bond acceptors (Lipinski definition) is 2. The van der Waals surface area contributed by atoms with E-state index in [1.807, 2.05) is 36.0 Å². The monoisotopic (exact) mass is 327 g/mol. The third kappa shape index (κ3) is 3.51. The Balaban J connectivity index is 1.91. The van der Waals surface area contributed by atoms with E-state index in [1.54, 1.807) is 0 Å². The van der Waals surface area contributed by atoms with Gasteiger partial charge in [0.2, 0.25) is 0 Å². The smallest absolute Gasteiger partial charge is 0.252 e. The summed E-state index contributed by atoms with van der Waals surface area (Å²) in [4.78, 5) is 12.1. The molecule has 0 atom stereocenters. The molecule has 1 aromatic rings. The lowest BCUT2D eigenvalue weighted by molar-refractivity contribution is 0.0927. The summed E-state index contributed by atoms with van der Waals surface area (Å²) in [6, 6.07) is 7.91. The summed E-state index contributed by atoms with van der Waals surface area (Å²) >= 11 is 5.36. The number of carbonyl (C=O) groups is 1. The molecule has 1 saturated carbocycles. The van der Waals surface area contributed by atoms with Crippen LogP contribution in [0.15, 0.2) is 28.7 Å². The van der Waals surface area contributed by atoms with E-state index in [1.165, 1.54) is 12.8 Å². The van der Waals surface area contributed by atoms with Gasteiger partial charge in [-0.15, -0.1) is 0 Å². The first kappa shape index (κ1) is 13.9. The maximum absolute atomic E-state index is 12.1. The van der Waals surface area contributed by atoms with Crippen LogP contribution in [0.4, 0.5) is 0 Å². The Bertz CT molecular complexity index is 416. The van der Waals surface area contributed by atoms with Crippen LogP contribution in [-0.4, -0.2) is 23.5 Å².